The van der Waals surface area contributed by atoms with E-state index < -0.39 is 5.54 Å². The first-order valence-corrected chi connectivity index (χ1v) is 15.7. The van der Waals surface area contributed by atoms with Crippen LogP contribution in [0, 0.1) is 32.6 Å². The zero-order chi connectivity index (χ0) is 30.0. The van der Waals surface area contributed by atoms with Crippen molar-refractivity contribution < 1.29 is 9.59 Å². The van der Waals surface area contributed by atoms with E-state index in [1.807, 2.05) is 53.4 Å². The van der Waals surface area contributed by atoms with Crippen LogP contribution in [0.5, 0.6) is 0 Å². The van der Waals surface area contributed by atoms with Crippen molar-refractivity contribution in [1.82, 2.24) is 4.90 Å². The maximum Gasteiger partial charge on any atom is 0.250 e. The number of hydrogen-bond acceptors (Lipinski definition) is 2. The molecule has 3 unspecified atom stereocenters. The third-order valence-electron chi connectivity index (χ3n) is 9.82. The van der Waals surface area contributed by atoms with Crippen molar-refractivity contribution in [1.29, 1.82) is 0 Å². The van der Waals surface area contributed by atoms with Crippen LogP contribution >= 0.6 is 0 Å². The summed E-state index contributed by atoms with van der Waals surface area (Å²) in [4.78, 5) is 31.3. The van der Waals surface area contributed by atoms with E-state index in [0.29, 0.717) is 31.2 Å². The van der Waals surface area contributed by atoms with Gasteiger partial charge in [0.25, 0.3) is 0 Å². The topological polar surface area (TPSA) is 49.4 Å². The number of carbonyl (C=O) groups is 2. The standard InChI is InChI=1S/C39H42N2O2/c1-27-20-28(2)37(29(3)21-27)40-38(43)39(19-18-34-23-32-16-10-11-17-33(32)24-35(34)25-39)41(26-31-14-8-5-9-15-31)36(42)22-30-12-6-4-7-13-30/h4-17,20-21,34-35H,18-19,22-26H2,1-3H3,(H,40,43). The smallest absolute Gasteiger partial charge is 0.250 e. The van der Waals surface area contributed by atoms with Crippen LogP contribution in [-0.4, -0.2) is 22.3 Å². The third-order valence-corrected chi connectivity index (χ3v) is 9.82. The lowest BCUT2D eigenvalue weighted by molar-refractivity contribution is -0.150. The minimum Gasteiger partial charge on any atom is -0.324 e. The lowest BCUT2D eigenvalue weighted by Gasteiger charge is -2.51. The number of carbonyl (C=O) groups excluding carboxylic acids is 2. The summed E-state index contributed by atoms with van der Waals surface area (Å²) in [6.07, 6.45) is 4.49. The lowest BCUT2D eigenvalue weighted by atomic mass is 9.62. The predicted octanol–water partition coefficient (Wildman–Crippen LogP) is 7.78. The van der Waals surface area contributed by atoms with Crippen molar-refractivity contribution in [3.05, 3.63) is 136 Å². The Labute approximate surface area is 256 Å². The number of anilines is 1. The van der Waals surface area contributed by atoms with Gasteiger partial charge in [-0.1, -0.05) is 103 Å². The highest BCUT2D eigenvalue weighted by Crippen LogP contribution is 2.47. The van der Waals surface area contributed by atoms with Crippen molar-refractivity contribution in [3.8, 4) is 0 Å². The maximum absolute atomic E-state index is 14.9. The van der Waals surface area contributed by atoms with E-state index in [-0.39, 0.29) is 18.2 Å². The molecule has 0 aliphatic heterocycles. The molecule has 4 heteroatoms. The molecule has 0 aromatic heterocycles. The van der Waals surface area contributed by atoms with Gasteiger partial charge in [-0.05, 0) is 98.1 Å². The maximum atomic E-state index is 14.9. The molecule has 2 amide bonds. The molecule has 1 N–H and O–H groups in total. The molecule has 6 rings (SSSR count). The molecule has 43 heavy (non-hydrogen) atoms. The van der Waals surface area contributed by atoms with Gasteiger partial charge in [-0.3, -0.25) is 9.59 Å². The summed E-state index contributed by atoms with van der Waals surface area (Å²) in [5.41, 5.74) is 8.00. The molecule has 2 aliphatic carbocycles. The summed E-state index contributed by atoms with van der Waals surface area (Å²) >= 11 is 0. The van der Waals surface area contributed by atoms with E-state index in [0.717, 1.165) is 47.2 Å². The molecule has 0 spiro atoms. The first-order valence-electron chi connectivity index (χ1n) is 15.7. The minimum atomic E-state index is -0.959. The van der Waals surface area contributed by atoms with Crippen molar-refractivity contribution >= 4 is 17.5 Å². The van der Waals surface area contributed by atoms with Gasteiger partial charge in [0.1, 0.15) is 5.54 Å². The van der Waals surface area contributed by atoms with Gasteiger partial charge in [-0.25, -0.2) is 0 Å². The van der Waals surface area contributed by atoms with Crippen molar-refractivity contribution in [3.63, 3.8) is 0 Å². The number of nitrogens with one attached hydrogen (secondary N) is 1. The van der Waals surface area contributed by atoms with Gasteiger partial charge in [-0.15, -0.1) is 0 Å². The summed E-state index contributed by atoms with van der Waals surface area (Å²) in [5.74, 6) is 0.785. The van der Waals surface area contributed by atoms with Gasteiger partial charge in [0.05, 0.1) is 6.42 Å². The molecule has 4 aromatic carbocycles. The first kappa shape index (κ1) is 28.9. The SMILES string of the molecule is Cc1cc(C)c(NC(=O)C2(N(Cc3ccccc3)C(=O)Cc3ccccc3)CCC3Cc4ccccc4CC3C2)c(C)c1. The van der Waals surface area contributed by atoms with Crippen molar-refractivity contribution in [2.24, 2.45) is 11.8 Å². The predicted molar refractivity (Wildman–Crippen MR) is 174 cm³/mol. The van der Waals surface area contributed by atoms with Crippen LogP contribution < -0.4 is 5.32 Å². The largest absolute Gasteiger partial charge is 0.324 e. The fourth-order valence-corrected chi connectivity index (χ4v) is 7.68. The Hall–Kier alpha value is -4.18. The molecule has 0 saturated heterocycles. The Morgan fingerprint density at radius 1 is 0.767 bits per heavy atom. The second-order valence-electron chi connectivity index (χ2n) is 12.8. The first-order chi connectivity index (χ1) is 20.8. The molecule has 4 nitrogen and oxygen atoms in total. The molecular formula is C39H42N2O2. The van der Waals surface area contributed by atoms with E-state index in [1.54, 1.807) is 0 Å². The van der Waals surface area contributed by atoms with E-state index in [2.05, 4.69) is 74.6 Å². The van der Waals surface area contributed by atoms with Gasteiger partial charge in [0, 0.05) is 12.2 Å². The van der Waals surface area contributed by atoms with Gasteiger partial charge in [-0.2, -0.15) is 0 Å². The van der Waals surface area contributed by atoms with Crippen LogP contribution in [0.25, 0.3) is 0 Å². The highest BCUT2D eigenvalue weighted by atomic mass is 16.2. The molecule has 0 heterocycles. The third kappa shape index (κ3) is 6.01. The molecule has 3 atom stereocenters. The Balaban J connectivity index is 1.42. The molecule has 4 aromatic rings. The Bertz CT molecular complexity index is 1590. The molecule has 0 bridgehead atoms. The van der Waals surface area contributed by atoms with Gasteiger partial charge in [0.2, 0.25) is 11.8 Å². The van der Waals surface area contributed by atoms with Gasteiger partial charge in [0.15, 0.2) is 0 Å². The summed E-state index contributed by atoms with van der Waals surface area (Å²) in [7, 11) is 0. The molecular weight excluding hydrogens is 528 g/mol. The van der Waals surface area contributed by atoms with E-state index in [9.17, 15) is 9.59 Å². The van der Waals surface area contributed by atoms with E-state index in [4.69, 9.17) is 0 Å². The fraction of sp³-hybridized carbons (Fsp3) is 0.333. The number of rotatable bonds is 7. The molecule has 2 aliphatic rings. The highest BCUT2D eigenvalue weighted by molar-refractivity contribution is 6.02. The summed E-state index contributed by atoms with van der Waals surface area (Å²) in [6, 6.07) is 33.0. The Morgan fingerprint density at radius 2 is 1.33 bits per heavy atom. The van der Waals surface area contributed by atoms with Crippen LogP contribution in [0.4, 0.5) is 5.69 Å². The average molecular weight is 571 g/mol. The number of nitrogens with zero attached hydrogens (tertiary/aromatic N) is 1. The Kier molecular flexibility index (Phi) is 8.21. The number of hydrogen-bond donors (Lipinski definition) is 1. The monoisotopic (exact) mass is 570 g/mol. The number of fused-ring (bicyclic) bond motifs is 2. The minimum absolute atomic E-state index is 0.00258. The van der Waals surface area contributed by atoms with E-state index in [1.165, 1.54) is 16.7 Å². The van der Waals surface area contributed by atoms with Crippen LogP contribution in [0.2, 0.25) is 0 Å². The second kappa shape index (κ2) is 12.2. The van der Waals surface area contributed by atoms with E-state index >= 15 is 0 Å². The van der Waals surface area contributed by atoms with Gasteiger partial charge < -0.3 is 10.2 Å². The zero-order valence-corrected chi connectivity index (χ0v) is 25.6. The van der Waals surface area contributed by atoms with Crippen LogP contribution in [0.3, 0.4) is 0 Å². The van der Waals surface area contributed by atoms with Crippen molar-refractivity contribution in [2.45, 2.75) is 71.4 Å². The normalized spacial score (nSPS) is 20.9. The van der Waals surface area contributed by atoms with Crippen LogP contribution in [0.1, 0.15) is 58.2 Å². The van der Waals surface area contributed by atoms with Crippen LogP contribution in [-0.2, 0) is 35.4 Å². The fourth-order valence-electron chi connectivity index (χ4n) is 7.68. The summed E-state index contributed by atoms with van der Waals surface area (Å²) in [5, 5.41) is 3.38. The molecule has 0 radical (unpaired) electrons. The number of aryl methyl sites for hydroxylation is 3. The van der Waals surface area contributed by atoms with Crippen molar-refractivity contribution in [2.75, 3.05) is 5.32 Å². The quantitative estimate of drug-likeness (QED) is 0.247. The summed E-state index contributed by atoms with van der Waals surface area (Å²) in [6.45, 7) is 6.60. The molecule has 220 valence electrons. The average Bonchev–Trinajstić information content (AvgIpc) is 3.01. The highest BCUT2D eigenvalue weighted by Gasteiger charge is 2.52. The Morgan fingerprint density at radius 3 is 1.95 bits per heavy atom. The molecule has 1 fully saturated rings. The summed E-state index contributed by atoms with van der Waals surface area (Å²) < 4.78 is 0. The number of amides is 2. The van der Waals surface area contributed by atoms with Crippen LogP contribution in [0.15, 0.2) is 97.1 Å². The van der Waals surface area contributed by atoms with Gasteiger partial charge >= 0.3 is 0 Å². The lowest BCUT2D eigenvalue weighted by Crippen LogP contribution is -2.62. The number of benzene rings is 4. The molecule has 1 saturated carbocycles. The zero-order valence-electron chi connectivity index (χ0n) is 25.6. The second-order valence-corrected chi connectivity index (χ2v) is 12.8.